The molecule has 11 heteroatoms. The molecule has 0 aromatic heterocycles. The fourth-order valence-corrected chi connectivity index (χ4v) is 5.16. The number of carbonyl (C=O) groups is 1. The lowest BCUT2D eigenvalue weighted by atomic mass is 10.2. The van der Waals surface area contributed by atoms with Gasteiger partial charge in [-0.25, -0.2) is 8.42 Å². The zero-order chi connectivity index (χ0) is 22.4. The first-order chi connectivity index (χ1) is 14.8. The normalized spacial score (nSPS) is 14.9. The number of nitro benzene ring substituents is 1. The van der Waals surface area contributed by atoms with Gasteiger partial charge in [-0.15, -0.1) is 0 Å². The first-order valence-corrected chi connectivity index (χ1v) is 11.5. The van der Waals surface area contributed by atoms with Crippen molar-refractivity contribution in [3.05, 3.63) is 63.2 Å². The molecule has 0 atom stereocenters. The molecule has 9 nitrogen and oxygen atoms in total. The van der Waals surface area contributed by atoms with E-state index in [1.807, 2.05) is 0 Å². The molecule has 0 radical (unpaired) electrons. The van der Waals surface area contributed by atoms with E-state index >= 15 is 0 Å². The van der Waals surface area contributed by atoms with Crippen LogP contribution in [-0.2, 0) is 14.6 Å². The Morgan fingerprint density at radius 2 is 1.87 bits per heavy atom. The molecule has 1 N–H and O–H groups in total. The van der Waals surface area contributed by atoms with Crippen molar-refractivity contribution >= 4 is 33.0 Å². The monoisotopic (exact) mass is 467 g/mol. The number of nitrogens with zero attached hydrogens (tertiary/aromatic N) is 2. The van der Waals surface area contributed by atoms with Gasteiger partial charge in [-0.05, 0) is 37.2 Å². The Morgan fingerprint density at radius 3 is 2.55 bits per heavy atom. The fourth-order valence-electron chi connectivity index (χ4n) is 3.24. The van der Waals surface area contributed by atoms with E-state index in [9.17, 15) is 23.3 Å². The Bertz CT molecular complexity index is 1070. The molecule has 1 amide bonds. The molecule has 3 rings (SSSR count). The molecule has 1 aliphatic heterocycles. The number of hydrogen-bond acceptors (Lipinski definition) is 7. The van der Waals surface area contributed by atoms with Crippen molar-refractivity contribution in [2.45, 2.75) is 16.2 Å². The lowest BCUT2D eigenvalue weighted by Crippen LogP contribution is -2.38. The maximum Gasteiger partial charge on any atom is 0.289 e. The van der Waals surface area contributed by atoms with E-state index in [1.54, 1.807) is 6.07 Å². The van der Waals surface area contributed by atoms with Crippen molar-refractivity contribution < 1.29 is 22.9 Å². The molecule has 2 aromatic rings. The molecule has 0 aliphatic carbocycles. The average molecular weight is 468 g/mol. The van der Waals surface area contributed by atoms with Gasteiger partial charge in [-0.3, -0.25) is 19.8 Å². The third kappa shape index (κ3) is 5.59. The molecule has 0 bridgehead atoms. The number of nitrogens with one attached hydrogen (secondary N) is 1. The lowest BCUT2D eigenvalue weighted by Gasteiger charge is -2.26. The van der Waals surface area contributed by atoms with Gasteiger partial charge in [-0.1, -0.05) is 23.7 Å². The first kappa shape index (κ1) is 23.1. The molecule has 2 aromatic carbocycles. The number of benzene rings is 2. The molecular formula is C20H22ClN3O6S. The number of sulfone groups is 1. The summed E-state index contributed by atoms with van der Waals surface area (Å²) in [5.41, 5.74) is -0.669. The number of hydrogen-bond donors (Lipinski definition) is 1. The number of nitro groups is 1. The quantitative estimate of drug-likeness (QED) is 0.360. The van der Waals surface area contributed by atoms with Crippen LogP contribution in [0.2, 0.25) is 5.02 Å². The van der Waals surface area contributed by atoms with E-state index in [2.05, 4.69) is 10.2 Å². The van der Waals surface area contributed by atoms with Crippen molar-refractivity contribution in [3.8, 4) is 0 Å². The van der Waals surface area contributed by atoms with Gasteiger partial charge in [0.05, 0.1) is 28.1 Å². The van der Waals surface area contributed by atoms with Crippen molar-refractivity contribution in [2.24, 2.45) is 0 Å². The summed E-state index contributed by atoms with van der Waals surface area (Å²) < 4.78 is 31.1. The Labute approximate surface area is 185 Å². The van der Waals surface area contributed by atoms with Gasteiger partial charge >= 0.3 is 0 Å². The summed E-state index contributed by atoms with van der Waals surface area (Å²) >= 11 is 5.98. The van der Waals surface area contributed by atoms with Gasteiger partial charge in [0.15, 0.2) is 0 Å². The second-order valence-electron chi connectivity index (χ2n) is 6.94. The maximum absolute atomic E-state index is 12.9. The van der Waals surface area contributed by atoms with Crippen LogP contribution in [0, 0.1) is 10.1 Å². The van der Waals surface area contributed by atoms with Crippen LogP contribution in [0.5, 0.6) is 0 Å². The number of morpholine rings is 1. The molecule has 1 aliphatic rings. The van der Waals surface area contributed by atoms with Gasteiger partial charge in [-0.2, -0.15) is 0 Å². The van der Waals surface area contributed by atoms with Crippen LogP contribution in [0.4, 0.5) is 5.69 Å². The summed E-state index contributed by atoms with van der Waals surface area (Å²) in [6.45, 7) is 4.28. The van der Waals surface area contributed by atoms with E-state index in [0.717, 1.165) is 31.8 Å². The number of halogens is 1. The van der Waals surface area contributed by atoms with E-state index in [0.29, 0.717) is 26.2 Å². The van der Waals surface area contributed by atoms with Gasteiger partial charge in [0, 0.05) is 31.3 Å². The Balaban J connectivity index is 1.73. The SMILES string of the molecule is O=C(NCCCN1CCOCC1)c1ccc(S(=O)(=O)c2ccccc2Cl)c([N+](=O)[O-])c1. The van der Waals surface area contributed by atoms with E-state index < -0.39 is 31.3 Å². The first-order valence-electron chi connectivity index (χ1n) is 9.67. The molecule has 0 spiro atoms. The van der Waals surface area contributed by atoms with Crippen LogP contribution >= 0.6 is 11.6 Å². The van der Waals surface area contributed by atoms with Crippen molar-refractivity contribution in [1.82, 2.24) is 10.2 Å². The molecule has 1 fully saturated rings. The van der Waals surface area contributed by atoms with Gasteiger partial charge in [0.1, 0.15) is 4.90 Å². The van der Waals surface area contributed by atoms with Crippen LogP contribution < -0.4 is 5.32 Å². The fraction of sp³-hybridized carbons (Fsp3) is 0.350. The van der Waals surface area contributed by atoms with Crippen molar-refractivity contribution in [2.75, 3.05) is 39.4 Å². The minimum Gasteiger partial charge on any atom is -0.379 e. The van der Waals surface area contributed by atoms with Gasteiger partial charge in [0.2, 0.25) is 9.84 Å². The summed E-state index contributed by atoms with van der Waals surface area (Å²) in [4.78, 5) is 24.6. The number of amides is 1. The molecule has 0 unspecified atom stereocenters. The van der Waals surface area contributed by atoms with Crippen LogP contribution in [0.15, 0.2) is 52.3 Å². The largest absolute Gasteiger partial charge is 0.379 e. The Morgan fingerprint density at radius 1 is 1.16 bits per heavy atom. The maximum atomic E-state index is 12.9. The molecule has 1 saturated heterocycles. The minimum absolute atomic E-state index is 0.0104. The number of ether oxygens (including phenoxy) is 1. The van der Waals surface area contributed by atoms with Gasteiger partial charge in [0.25, 0.3) is 11.6 Å². The van der Waals surface area contributed by atoms with E-state index in [4.69, 9.17) is 16.3 Å². The zero-order valence-corrected chi connectivity index (χ0v) is 18.2. The topological polar surface area (TPSA) is 119 Å². The highest BCUT2D eigenvalue weighted by Gasteiger charge is 2.30. The molecule has 1 heterocycles. The third-order valence-electron chi connectivity index (χ3n) is 4.87. The summed E-state index contributed by atoms with van der Waals surface area (Å²) in [5.74, 6) is -0.508. The summed E-state index contributed by atoms with van der Waals surface area (Å²) in [6, 6.07) is 9.00. The molecule has 31 heavy (non-hydrogen) atoms. The summed E-state index contributed by atoms with van der Waals surface area (Å²) in [6.07, 6.45) is 0.715. The summed E-state index contributed by atoms with van der Waals surface area (Å²) in [7, 11) is -4.24. The lowest BCUT2D eigenvalue weighted by molar-refractivity contribution is -0.387. The van der Waals surface area contributed by atoms with E-state index in [-0.39, 0.29) is 15.5 Å². The molecule has 166 valence electrons. The van der Waals surface area contributed by atoms with Crippen LogP contribution in [0.3, 0.4) is 0 Å². The second-order valence-corrected chi connectivity index (χ2v) is 9.23. The predicted octanol–water partition coefficient (Wildman–Crippen LogP) is 2.53. The van der Waals surface area contributed by atoms with E-state index in [1.165, 1.54) is 24.3 Å². The molecular weight excluding hydrogens is 446 g/mol. The third-order valence-corrected chi connectivity index (χ3v) is 7.17. The average Bonchev–Trinajstić information content (AvgIpc) is 2.77. The van der Waals surface area contributed by atoms with Crippen LogP contribution in [0.1, 0.15) is 16.8 Å². The zero-order valence-electron chi connectivity index (χ0n) is 16.6. The number of rotatable bonds is 8. The minimum atomic E-state index is -4.24. The van der Waals surface area contributed by atoms with Crippen molar-refractivity contribution in [3.63, 3.8) is 0 Å². The second kappa shape index (κ2) is 10.2. The predicted molar refractivity (Wildman–Crippen MR) is 114 cm³/mol. The highest BCUT2D eigenvalue weighted by atomic mass is 35.5. The smallest absolute Gasteiger partial charge is 0.289 e. The van der Waals surface area contributed by atoms with Crippen LogP contribution in [-0.4, -0.2) is 63.5 Å². The van der Waals surface area contributed by atoms with Crippen LogP contribution in [0.25, 0.3) is 0 Å². The molecule has 0 saturated carbocycles. The highest BCUT2D eigenvalue weighted by molar-refractivity contribution is 7.91. The van der Waals surface area contributed by atoms with Gasteiger partial charge < -0.3 is 10.1 Å². The highest BCUT2D eigenvalue weighted by Crippen LogP contribution is 2.33. The Hall–Kier alpha value is -2.53. The Kier molecular flexibility index (Phi) is 7.60. The standard InChI is InChI=1S/C20H22ClN3O6S/c21-16-4-1-2-5-18(16)31(28,29)19-7-6-15(14-17(19)24(26)27)20(25)22-8-3-9-23-10-12-30-13-11-23/h1-2,4-7,14H,3,8-13H2,(H,22,25). The summed E-state index contributed by atoms with van der Waals surface area (Å²) in [5, 5.41) is 14.2. The van der Waals surface area contributed by atoms with Crippen molar-refractivity contribution in [1.29, 1.82) is 0 Å². The number of carbonyl (C=O) groups excluding carboxylic acids is 1.